The van der Waals surface area contributed by atoms with E-state index in [9.17, 15) is 4.79 Å². The van der Waals surface area contributed by atoms with E-state index < -0.39 is 0 Å². The van der Waals surface area contributed by atoms with Crippen LogP contribution in [-0.4, -0.2) is 50.1 Å². The van der Waals surface area contributed by atoms with Crippen molar-refractivity contribution < 1.29 is 9.53 Å². The number of hydrogen-bond donors (Lipinski definition) is 1. The Morgan fingerprint density at radius 2 is 1.68 bits per heavy atom. The van der Waals surface area contributed by atoms with Gasteiger partial charge in [0.2, 0.25) is 5.91 Å². The van der Waals surface area contributed by atoms with E-state index in [0.29, 0.717) is 13.2 Å². The number of para-hydroxylation sites is 2. The van der Waals surface area contributed by atoms with Gasteiger partial charge in [0.25, 0.3) is 0 Å². The number of nitrogens with one attached hydrogen (secondary N) is 1. The Morgan fingerprint density at radius 1 is 0.968 bits per heavy atom. The van der Waals surface area contributed by atoms with Crippen LogP contribution in [0.15, 0.2) is 66.7 Å². The van der Waals surface area contributed by atoms with Crippen molar-refractivity contribution in [1.29, 1.82) is 0 Å². The Balaban J connectivity index is 1.32. The van der Waals surface area contributed by atoms with Gasteiger partial charge >= 0.3 is 0 Å². The molecular formula is C26H31N3O2. The van der Waals surface area contributed by atoms with Crippen molar-refractivity contribution in [3.05, 3.63) is 72.3 Å². The molecule has 1 amide bonds. The van der Waals surface area contributed by atoms with Gasteiger partial charge in [0.05, 0.1) is 24.9 Å². The molecule has 1 saturated heterocycles. The zero-order valence-electron chi connectivity index (χ0n) is 18.4. The summed E-state index contributed by atoms with van der Waals surface area (Å²) in [4.78, 5) is 17.3. The monoisotopic (exact) mass is 417 g/mol. The highest BCUT2D eigenvalue weighted by Gasteiger charge is 2.22. The van der Waals surface area contributed by atoms with Crippen molar-refractivity contribution in [2.24, 2.45) is 0 Å². The summed E-state index contributed by atoms with van der Waals surface area (Å²) in [5.41, 5.74) is 2.29. The topological polar surface area (TPSA) is 44.8 Å². The highest BCUT2D eigenvalue weighted by atomic mass is 16.5. The van der Waals surface area contributed by atoms with Crippen molar-refractivity contribution in [2.45, 2.75) is 19.9 Å². The van der Waals surface area contributed by atoms with Crippen molar-refractivity contribution in [3.63, 3.8) is 0 Å². The van der Waals surface area contributed by atoms with Gasteiger partial charge < -0.3 is 15.0 Å². The maximum absolute atomic E-state index is 12.7. The number of fused-ring (bicyclic) bond motifs is 1. The van der Waals surface area contributed by atoms with Crippen molar-refractivity contribution in [1.82, 2.24) is 10.2 Å². The molecule has 0 aliphatic carbocycles. The summed E-state index contributed by atoms with van der Waals surface area (Å²) in [6, 6.07) is 22.7. The predicted molar refractivity (Wildman–Crippen MR) is 127 cm³/mol. The summed E-state index contributed by atoms with van der Waals surface area (Å²) in [6.07, 6.45) is 0. The van der Waals surface area contributed by atoms with Gasteiger partial charge in [-0.2, -0.15) is 0 Å². The molecule has 1 N–H and O–H groups in total. The minimum Gasteiger partial charge on any atom is -0.492 e. The molecule has 0 saturated carbocycles. The fourth-order valence-electron chi connectivity index (χ4n) is 4.34. The fourth-order valence-corrected chi connectivity index (χ4v) is 4.34. The summed E-state index contributed by atoms with van der Waals surface area (Å²) in [5.74, 6) is 1.00. The predicted octanol–water partition coefficient (Wildman–Crippen LogP) is 4.24. The van der Waals surface area contributed by atoms with E-state index in [1.165, 1.54) is 10.8 Å². The summed E-state index contributed by atoms with van der Waals surface area (Å²) >= 11 is 0. The lowest BCUT2D eigenvalue weighted by Gasteiger charge is -2.36. The average Bonchev–Trinajstić information content (AvgIpc) is 2.80. The second-order valence-electron chi connectivity index (χ2n) is 8.02. The number of ether oxygens (including phenoxy) is 1. The Morgan fingerprint density at radius 3 is 2.48 bits per heavy atom. The number of rotatable bonds is 7. The SMILES string of the molecule is CCOc1ccccc1N1CCN(CC(=O)N[C@H](C)c2cccc3ccccc23)CC1. The molecule has 3 aromatic rings. The molecule has 1 aliphatic heterocycles. The van der Waals surface area contributed by atoms with E-state index >= 15 is 0 Å². The van der Waals surface area contributed by atoms with E-state index in [1.54, 1.807) is 0 Å². The molecule has 0 aromatic heterocycles. The smallest absolute Gasteiger partial charge is 0.234 e. The van der Waals surface area contributed by atoms with Crippen LogP contribution in [0.1, 0.15) is 25.5 Å². The minimum atomic E-state index is -0.0297. The van der Waals surface area contributed by atoms with E-state index in [4.69, 9.17) is 4.74 Å². The molecule has 31 heavy (non-hydrogen) atoms. The highest BCUT2D eigenvalue weighted by molar-refractivity contribution is 5.87. The molecule has 1 heterocycles. The molecule has 4 rings (SSSR count). The van der Waals surface area contributed by atoms with Crippen molar-refractivity contribution in [3.8, 4) is 5.75 Å². The molecule has 1 fully saturated rings. The van der Waals surface area contributed by atoms with Crippen LogP contribution in [0.5, 0.6) is 5.75 Å². The maximum atomic E-state index is 12.7. The number of anilines is 1. The Kier molecular flexibility index (Phi) is 6.73. The lowest BCUT2D eigenvalue weighted by molar-refractivity contribution is -0.123. The van der Waals surface area contributed by atoms with Crippen LogP contribution in [0.4, 0.5) is 5.69 Å². The molecule has 5 nitrogen and oxygen atoms in total. The third kappa shape index (κ3) is 5.00. The first-order valence-electron chi connectivity index (χ1n) is 11.1. The number of carbonyl (C=O) groups excluding carboxylic acids is 1. The van der Waals surface area contributed by atoms with E-state index in [2.05, 4.69) is 58.4 Å². The molecule has 1 atom stereocenters. The van der Waals surface area contributed by atoms with Gasteiger partial charge in [-0.15, -0.1) is 0 Å². The Bertz CT molecular complexity index is 1020. The Labute approximate surface area is 184 Å². The van der Waals surface area contributed by atoms with Gasteiger partial charge in [-0.05, 0) is 42.3 Å². The molecule has 3 aromatic carbocycles. The highest BCUT2D eigenvalue weighted by Crippen LogP contribution is 2.29. The van der Waals surface area contributed by atoms with Crippen LogP contribution in [-0.2, 0) is 4.79 Å². The van der Waals surface area contributed by atoms with Crippen LogP contribution in [0, 0.1) is 0 Å². The first-order valence-corrected chi connectivity index (χ1v) is 11.1. The van der Waals surface area contributed by atoms with E-state index in [-0.39, 0.29) is 11.9 Å². The molecule has 0 spiro atoms. The minimum absolute atomic E-state index is 0.0297. The van der Waals surface area contributed by atoms with Crippen molar-refractivity contribution in [2.75, 3.05) is 44.2 Å². The second-order valence-corrected chi connectivity index (χ2v) is 8.02. The van der Waals surface area contributed by atoms with Gasteiger partial charge in [0.1, 0.15) is 5.75 Å². The standard InChI is InChI=1S/C26H31N3O2/c1-3-31-25-14-7-6-13-24(25)29-17-15-28(16-18-29)19-26(30)27-20(2)22-12-8-10-21-9-4-5-11-23(21)22/h4-14,20H,3,15-19H2,1-2H3,(H,27,30)/t20-/m1/s1. The molecule has 162 valence electrons. The largest absolute Gasteiger partial charge is 0.492 e. The van der Waals surface area contributed by atoms with Crippen LogP contribution in [0.25, 0.3) is 10.8 Å². The zero-order valence-corrected chi connectivity index (χ0v) is 18.4. The first-order chi connectivity index (χ1) is 15.2. The fraction of sp³-hybridized carbons (Fsp3) is 0.346. The van der Waals surface area contributed by atoms with Gasteiger partial charge in [0, 0.05) is 26.2 Å². The van der Waals surface area contributed by atoms with Crippen LogP contribution < -0.4 is 15.0 Å². The number of benzene rings is 3. The number of carbonyl (C=O) groups is 1. The van der Waals surface area contributed by atoms with Gasteiger partial charge in [-0.25, -0.2) is 0 Å². The number of piperazine rings is 1. The number of nitrogens with zero attached hydrogens (tertiary/aromatic N) is 2. The summed E-state index contributed by atoms with van der Waals surface area (Å²) < 4.78 is 5.78. The third-order valence-electron chi connectivity index (χ3n) is 5.91. The molecule has 0 unspecified atom stereocenters. The lowest BCUT2D eigenvalue weighted by atomic mass is 10.00. The quantitative estimate of drug-likeness (QED) is 0.625. The van der Waals surface area contributed by atoms with Crippen LogP contribution >= 0.6 is 0 Å². The first kappa shape index (κ1) is 21.2. The van der Waals surface area contributed by atoms with Crippen molar-refractivity contribution >= 4 is 22.4 Å². The maximum Gasteiger partial charge on any atom is 0.234 e. The molecule has 0 radical (unpaired) electrons. The van der Waals surface area contributed by atoms with Crippen LogP contribution in [0.2, 0.25) is 0 Å². The third-order valence-corrected chi connectivity index (χ3v) is 5.91. The van der Waals surface area contributed by atoms with Gasteiger partial charge in [-0.1, -0.05) is 54.6 Å². The zero-order chi connectivity index (χ0) is 21.6. The summed E-state index contributed by atoms with van der Waals surface area (Å²) in [5, 5.41) is 5.58. The van der Waals surface area contributed by atoms with Gasteiger partial charge in [-0.3, -0.25) is 9.69 Å². The molecule has 1 aliphatic rings. The second kappa shape index (κ2) is 9.84. The average molecular weight is 418 g/mol. The normalized spacial score (nSPS) is 15.6. The summed E-state index contributed by atoms with van der Waals surface area (Å²) in [7, 11) is 0. The summed E-state index contributed by atoms with van der Waals surface area (Å²) in [6.45, 7) is 8.64. The lowest BCUT2D eigenvalue weighted by Crippen LogP contribution is -2.49. The molecule has 0 bridgehead atoms. The van der Waals surface area contributed by atoms with Gasteiger partial charge in [0.15, 0.2) is 0 Å². The van der Waals surface area contributed by atoms with Crippen LogP contribution in [0.3, 0.4) is 0 Å². The number of amides is 1. The Hall–Kier alpha value is -3.05. The molecule has 5 heteroatoms. The van der Waals surface area contributed by atoms with E-state index in [1.807, 2.05) is 37.3 Å². The molecular weight excluding hydrogens is 386 g/mol. The number of hydrogen-bond acceptors (Lipinski definition) is 4. The van der Waals surface area contributed by atoms with E-state index in [0.717, 1.165) is 43.2 Å².